The van der Waals surface area contributed by atoms with Gasteiger partial charge < -0.3 is 9.80 Å². The van der Waals surface area contributed by atoms with Gasteiger partial charge in [-0.15, -0.1) is 0 Å². The SMILES string of the molecule is CC(c1cc(F)cc(F)c1)N1CCN(C(=O)c2ccc(N3CC=Cc4ccccc43)cc2)[C@H](C)C1. The third-order valence-electron chi connectivity index (χ3n) is 7.07. The third kappa shape index (κ3) is 4.71. The molecule has 0 aliphatic carbocycles. The van der Waals surface area contributed by atoms with E-state index in [0.29, 0.717) is 30.8 Å². The van der Waals surface area contributed by atoms with E-state index in [1.54, 1.807) is 0 Å². The lowest BCUT2D eigenvalue weighted by Crippen LogP contribution is -2.54. The molecule has 2 aliphatic heterocycles. The molecule has 35 heavy (non-hydrogen) atoms. The molecule has 5 rings (SSSR count). The molecule has 3 aromatic carbocycles. The van der Waals surface area contributed by atoms with Crippen LogP contribution >= 0.6 is 0 Å². The fourth-order valence-corrected chi connectivity index (χ4v) is 5.12. The van der Waals surface area contributed by atoms with E-state index in [1.165, 1.54) is 17.7 Å². The van der Waals surface area contributed by atoms with Gasteiger partial charge in [-0.2, -0.15) is 0 Å². The number of amides is 1. The summed E-state index contributed by atoms with van der Waals surface area (Å²) >= 11 is 0. The highest BCUT2D eigenvalue weighted by Gasteiger charge is 2.31. The largest absolute Gasteiger partial charge is 0.337 e. The average Bonchev–Trinajstić information content (AvgIpc) is 2.87. The van der Waals surface area contributed by atoms with Gasteiger partial charge in [0.25, 0.3) is 5.91 Å². The van der Waals surface area contributed by atoms with Gasteiger partial charge >= 0.3 is 0 Å². The van der Waals surface area contributed by atoms with Crippen LogP contribution in [0.2, 0.25) is 0 Å². The summed E-state index contributed by atoms with van der Waals surface area (Å²) in [5, 5.41) is 0. The third-order valence-corrected chi connectivity index (χ3v) is 7.07. The molecule has 2 heterocycles. The van der Waals surface area contributed by atoms with Crippen molar-refractivity contribution in [3.63, 3.8) is 0 Å². The predicted octanol–water partition coefficient (Wildman–Crippen LogP) is 6.04. The predicted molar refractivity (Wildman–Crippen MR) is 136 cm³/mol. The topological polar surface area (TPSA) is 26.8 Å². The number of carbonyl (C=O) groups is 1. The summed E-state index contributed by atoms with van der Waals surface area (Å²) in [7, 11) is 0. The molecule has 4 nitrogen and oxygen atoms in total. The molecule has 6 heteroatoms. The normalized spacial score (nSPS) is 18.9. The number of para-hydroxylation sites is 1. The maximum Gasteiger partial charge on any atom is 0.254 e. The van der Waals surface area contributed by atoms with Gasteiger partial charge in [-0.25, -0.2) is 8.78 Å². The van der Waals surface area contributed by atoms with Crippen LogP contribution in [-0.4, -0.2) is 47.9 Å². The first kappa shape index (κ1) is 23.2. The summed E-state index contributed by atoms with van der Waals surface area (Å²) in [6.07, 6.45) is 4.28. The van der Waals surface area contributed by atoms with Gasteiger partial charge in [0.05, 0.1) is 0 Å². The lowest BCUT2D eigenvalue weighted by Gasteiger charge is -2.42. The van der Waals surface area contributed by atoms with Gasteiger partial charge in [-0.3, -0.25) is 9.69 Å². The number of carbonyl (C=O) groups excluding carboxylic acids is 1. The van der Waals surface area contributed by atoms with E-state index in [1.807, 2.05) is 55.1 Å². The molecule has 0 spiro atoms. The van der Waals surface area contributed by atoms with Crippen molar-refractivity contribution in [2.45, 2.75) is 25.9 Å². The average molecular weight is 474 g/mol. The van der Waals surface area contributed by atoms with Crippen molar-refractivity contribution in [3.05, 3.63) is 101 Å². The smallest absolute Gasteiger partial charge is 0.254 e. The zero-order chi connectivity index (χ0) is 24.5. The fraction of sp³-hybridized carbons (Fsp3) is 0.276. The second-order valence-corrected chi connectivity index (χ2v) is 9.34. The van der Waals surface area contributed by atoms with Crippen molar-refractivity contribution in [1.29, 1.82) is 0 Å². The number of benzene rings is 3. The lowest BCUT2D eigenvalue weighted by molar-refractivity contribution is 0.0405. The van der Waals surface area contributed by atoms with Crippen LogP contribution in [0, 0.1) is 11.6 Å². The lowest BCUT2D eigenvalue weighted by atomic mass is 10.0. The summed E-state index contributed by atoms with van der Waals surface area (Å²) in [5.74, 6) is -1.13. The van der Waals surface area contributed by atoms with Crippen molar-refractivity contribution < 1.29 is 13.6 Å². The standard InChI is InChI=1S/C29H29F2N3O/c1-20-19-32(21(2)24-16-25(30)18-26(31)17-24)14-15-33(20)29(35)23-9-11-27(12-10-23)34-13-5-7-22-6-3-4-8-28(22)34/h3-12,16-18,20-21H,13-15,19H2,1-2H3/t20-,21?/m1/s1. The Bertz CT molecular complexity index is 1240. The van der Waals surface area contributed by atoms with E-state index < -0.39 is 11.6 Å². The Morgan fingerprint density at radius 1 is 0.971 bits per heavy atom. The van der Waals surface area contributed by atoms with E-state index in [-0.39, 0.29) is 18.0 Å². The molecule has 180 valence electrons. The van der Waals surface area contributed by atoms with Gasteiger partial charge in [0.15, 0.2) is 0 Å². The highest BCUT2D eigenvalue weighted by atomic mass is 19.1. The van der Waals surface area contributed by atoms with Crippen molar-refractivity contribution in [2.75, 3.05) is 31.1 Å². The number of hydrogen-bond acceptors (Lipinski definition) is 3. The number of nitrogens with zero attached hydrogens (tertiary/aromatic N) is 3. The second-order valence-electron chi connectivity index (χ2n) is 9.34. The minimum Gasteiger partial charge on any atom is -0.337 e. The molecule has 0 saturated carbocycles. The number of hydrogen-bond donors (Lipinski definition) is 0. The molecule has 2 aliphatic rings. The Morgan fingerprint density at radius 3 is 2.40 bits per heavy atom. The molecule has 0 N–H and O–H groups in total. The van der Waals surface area contributed by atoms with Gasteiger partial charge in [0, 0.05) is 61.3 Å². The van der Waals surface area contributed by atoms with Gasteiger partial charge in [0.1, 0.15) is 11.6 Å². The Balaban J connectivity index is 1.26. The highest BCUT2D eigenvalue weighted by molar-refractivity contribution is 5.95. The molecular formula is C29H29F2N3O. The van der Waals surface area contributed by atoms with Gasteiger partial charge in [0.2, 0.25) is 0 Å². The molecule has 1 saturated heterocycles. The first-order valence-corrected chi connectivity index (χ1v) is 12.0. The molecule has 3 aromatic rings. The van der Waals surface area contributed by atoms with Crippen LogP contribution in [0.4, 0.5) is 20.2 Å². The van der Waals surface area contributed by atoms with Crippen LogP contribution < -0.4 is 4.90 Å². The van der Waals surface area contributed by atoms with Crippen LogP contribution in [0.3, 0.4) is 0 Å². The zero-order valence-electron chi connectivity index (χ0n) is 20.0. The molecule has 0 aromatic heterocycles. The molecule has 0 bridgehead atoms. The Hall–Kier alpha value is -3.51. The monoisotopic (exact) mass is 473 g/mol. The highest BCUT2D eigenvalue weighted by Crippen LogP contribution is 2.32. The van der Waals surface area contributed by atoms with E-state index in [4.69, 9.17) is 0 Å². The summed E-state index contributed by atoms with van der Waals surface area (Å²) in [4.78, 5) is 19.6. The van der Waals surface area contributed by atoms with Crippen LogP contribution in [0.25, 0.3) is 6.08 Å². The van der Waals surface area contributed by atoms with Crippen LogP contribution in [0.15, 0.2) is 72.8 Å². The van der Waals surface area contributed by atoms with E-state index in [0.717, 1.165) is 24.0 Å². The van der Waals surface area contributed by atoms with Crippen molar-refractivity contribution in [3.8, 4) is 0 Å². The quantitative estimate of drug-likeness (QED) is 0.462. The Labute approximate surface area is 205 Å². The molecule has 2 atom stereocenters. The minimum absolute atomic E-state index is 0.00657. The summed E-state index contributed by atoms with van der Waals surface area (Å²) < 4.78 is 27.4. The van der Waals surface area contributed by atoms with E-state index in [2.05, 4.69) is 34.1 Å². The molecule has 1 fully saturated rings. The number of halogens is 2. The molecule has 1 unspecified atom stereocenters. The maximum absolute atomic E-state index is 13.7. The van der Waals surface area contributed by atoms with Crippen molar-refractivity contribution >= 4 is 23.4 Å². The van der Waals surface area contributed by atoms with E-state index in [9.17, 15) is 13.6 Å². The van der Waals surface area contributed by atoms with Gasteiger partial charge in [-0.05, 0) is 67.4 Å². The van der Waals surface area contributed by atoms with Gasteiger partial charge in [-0.1, -0.05) is 30.4 Å². The van der Waals surface area contributed by atoms with Crippen molar-refractivity contribution in [1.82, 2.24) is 9.80 Å². The minimum atomic E-state index is -0.568. The summed E-state index contributed by atoms with van der Waals surface area (Å²) in [5.41, 5.74) is 4.66. The number of piperazine rings is 1. The molecule has 0 radical (unpaired) electrons. The summed E-state index contributed by atoms with van der Waals surface area (Å²) in [6.45, 7) is 6.61. The summed E-state index contributed by atoms with van der Waals surface area (Å²) in [6, 6.07) is 19.6. The first-order chi connectivity index (χ1) is 16.9. The zero-order valence-corrected chi connectivity index (χ0v) is 20.0. The Morgan fingerprint density at radius 2 is 1.69 bits per heavy atom. The number of rotatable bonds is 4. The maximum atomic E-state index is 13.7. The fourth-order valence-electron chi connectivity index (χ4n) is 5.12. The van der Waals surface area contributed by atoms with E-state index >= 15 is 0 Å². The Kier molecular flexibility index (Phi) is 6.39. The van der Waals surface area contributed by atoms with Crippen LogP contribution in [0.5, 0.6) is 0 Å². The second kappa shape index (κ2) is 9.62. The molecular weight excluding hydrogens is 444 g/mol. The van der Waals surface area contributed by atoms with Crippen LogP contribution in [0.1, 0.15) is 41.4 Å². The van der Waals surface area contributed by atoms with Crippen LogP contribution in [-0.2, 0) is 0 Å². The number of anilines is 2. The molecule has 1 amide bonds. The van der Waals surface area contributed by atoms with Crippen molar-refractivity contribution in [2.24, 2.45) is 0 Å². The first-order valence-electron chi connectivity index (χ1n) is 12.0. The number of fused-ring (bicyclic) bond motifs is 1.